The van der Waals surface area contributed by atoms with Crippen molar-refractivity contribution >= 4 is 0 Å². The Morgan fingerprint density at radius 2 is 2.07 bits per heavy atom. The van der Waals surface area contributed by atoms with Crippen molar-refractivity contribution in [2.45, 2.75) is 25.0 Å². The molecule has 3 heteroatoms. The zero-order valence-corrected chi connectivity index (χ0v) is 8.84. The van der Waals surface area contributed by atoms with Crippen LogP contribution in [0.2, 0.25) is 0 Å². The molecule has 1 heterocycles. The molecule has 1 fully saturated rings. The third-order valence-corrected chi connectivity index (χ3v) is 3.00. The molecular formula is C12H18N2O. The molecule has 1 aromatic rings. The number of hydrogen-bond donors (Lipinski definition) is 2. The first kappa shape index (κ1) is 10.6. The van der Waals surface area contributed by atoms with Crippen LogP contribution in [0.15, 0.2) is 30.3 Å². The maximum Gasteiger partial charge on any atom is 0.0587 e. The fraction of sp³-hybridized carbons (Fsp3) is 0.500. The molecule has 1 saturated heterocycles. The van der Waals surface area contributed by atoms with Crippen LogP contribution in [0.5, 0.6) is 0 Å². The van der Waals surface area contributed by atoms with Crippen molar-refractivity contribution in [2.24, 2.45) is 5.73 Å². The van der Waals surface area contributed by atoms with Crippen molar-refractivity contribution in [3.05, 3.63) is 35.9 Å². The molecule has 0 aromatic heterocycles. The molecule has 1 aliphatic rings. The molecule has 0 unspecified atom stereocenters. The zero-order chi connectivity index (χ0) is 10.7. The van der Waals surface area contributed by atoms with Crippen molar-refractivity contribution in [3.63, 3.8) is 0 Å². The van der Waals surface area contributed by atoms with E-state index in [2.05, 4.69) is 17.0 Å². The lowest BCUT2D eigenvalue weighted by molar-refractivity contribution is 0.153. The summed E-state index contributed by atoms with van der Waals surface area (Å²) in [6, 6.07) is 10.8. The van der Waals surface area contributed by atoms with Gasteiger partial charge in [-0.1, -0.05) is 30.3 Å². The third kappa shape index (κ3) is 2.56. The van der Waals surface area contributed by atoms with Gasteiger partial charge >= 0.3 is 0 Å². The molecule has 0 radical (unpaired) electrons. The molecule has 0 bridgehead atoms. The number of likely N-dealkylation sites (tertiary alicyclic amines) is 1. The first-order valence-electron chi connectivity index (χ1n) is 5.44. The van der Waals surface area contributed by atoms with Crippen LogP contribution in [0, 0.1) is 0 Å². The largest absolute Gasteiger partial charge is 0.395 e. The predicted molar refractivity (Wildman–Crippen MR) is 60.3 cm³/mol. The van der Waals surface area contributed by atoms with Crippen LogP contribution >= 0.6 is 0 Å². The summed E-state index contributed by atoms with van der Waals surface area (Å²) in [4.78, 5) is 2.26. The normalized spacial score (nSPS) is 27.1. The summed E-state index contributed by atoms with van der Waals surface area (Å²) in [5, 5.41) is 9.24. The highest BCUT2D eigenvalue weighted by Crippen LogP contribution is 2.18. The van der Waals surface area contributed by atoms with Crippen molar-refractivity contribution in [3.8, 4) is 0 Å². The van der Waals surface area contributed by atoms with E-state index >= 15 is 0 Å². The van der Waals surface area contributed by atoms with Crippen LogP contribution in [0.3, 0.4) is 0 Å². The minimum atomic E-state index is 0.209. The summed E-state index contributed by atoms with van der Waals surface area (Å²) in [5.74, 6) is 0. The quantitative estimate of drug-likeness (QED) is 0.760. The van der Waals surface area contributed by atoms with E-state index in [1.165, 1.54) is 5.56 Å². The Labute approximate surface area is 90.5 Å². The van der Waals surface area contributed by atoms with Gasteiger partial charge < -0.3 is 10.8 Å². The Balaban J connectivity index is 2.00. The Kier molecular flexibility index (Phi) is 3.36. The van der Waals surface area contributed by atoms with Crippen LogP contribution in [0.1, 0.15) is 12.0 Å². The number of aliphatic hydroxyl groups excluding tert-OH is 1. The number of nitrogens with two attached hydrogens (primary N) is 1. The first-order chi connectivity index (χ1) is 7.29. The second-order valence-electron chi connectivity index (χ2n) is 4.25. The maximum atomic E-state index is 9.24. The summed E-state index contributed by atoms with van der Waals surface area (Å²) in [6.07, 6.45) is 0.906. The van der Waals surface area contributed by atoms with Gasteiger partial charge in [0, 0.05) is 25.2 Å². The first-order valence-corrected chi connectivity index (χ1v) is 5.44. The smallest absolute Gasteiger partial charge is 0.0587 e. The molecule has 2 rings (SSSR count). The van der Waals surface area contributed by atoms with Crippen LogP contribution < -0.4 is 5.73 Å². The van der Waals surface area contributed by atoms with Gasteiger partial charge in [0.05, 0.1) is 6.61 Å². The number of benzene rings is 1. The lowest BCUT2D eigenvalue weighted by atomic mass is 10.2. The molecule has 0 spiro atoms. The van der Waals surface area contributed by atoms with Gasteiger partial charge in [0.1, 0.15) is 0 Å². The Hall–Kier alpha value is -0.900. The van der Waals surface area contributed by atoms with E-state index in [-0.39, 0.29) is 18.7 Å². The van der Waals surface area contributed by atoms with Gasteiger partial charge in [-0.2, -0.15) is 0 Å². The standard InChI is InChI=1S/C12H18N2O/c13-11-6-12(9-15)14(8-11)7-10-4-2-1-3-5-10/h1-5,11-12,15H,6-9,13H2/t11-,12+/m1/s1. The van der Waals surface area contributed by atoms with Gasteiger partial charge in [0.25, 0.3) is 0 Å². The highest BCUT2D eigenvalue weighted by Gasteiger charge is 2.28. The maximum absolute atomic E-state index is 9.24. The highest BCUT2D eigenvalue weighted by molar-refractivity contribution is 5.15. The number of aliphatic hydroxyl groups is 1. The van der Waals surface area contributed by atoms with Gasteiger partial charge in [-0.3, -0.25) is 4.90 Å². The minimum absolute atomic E-state index is 0.209. The Morgan fingerprint density at radius 1 is 1.33 bits per heavy atom. The summed E-state index contributed by atoms with van der Waals surface area (Å²) in [6.45, 7) is 1.99. The molecule has 82 valence electrons. The fourth-order valence-corrected chi connectivity index (χ4v) is 2.22. The van der Waals surface area contributed by atoms with Crippen molar-refractivity contribution in [1.82, 2.24) is 4.90 Å². The molecule has 3 N–H and O–H groups in total. The number of nitrogens with zero attached hydrogens (tertiary/aromatic N) is 1. The second-order valence-corrected chi connectivity index (χ2v) is 4.25. The van der Waals surface area contributed by atoms with E-state index in [9.17, 15) is 5.11 Å². The summed E-state index contributed by atoms with van der Waals surface area (Å²) in [7, 11) is 0. The lowest BCUT2D eigenvalue weighted by Crippen LogP contribution is -2.32. The third-order valence-electron chi connectivity index (χ3n) is 3.00. The molecule has 1 aromatic carbocycles. The Morgan fingerprint density at radius 3 is 2.73 bits per heavy atom. The van der Waals surface area contributed by atoms with Gasteiger partial charge in [0.2, 0.25) is 0 Å². The van der Waals surface area contributed by atoms with Gasteiger partial charge in [0.15, 0.2) is 0 Å². The average molecular weight is 206 g/mol. The van der Waals surface area contributed by atoms with Crippen LogP contribution in [-0.2, 0) is 6.54 Å². The summed E-state index contributed by atoms with van der Waals surface area (Å²) >= 11 is 0. The van der Waals surface area contributed by atoms with E-state index in [4.69, 9.17) is 5.73 Å². The van der Waals surface area contributed by atoms with E-state index < -0.39 is 0 Å². The molecular weight excluding hydrogens is 188 g/mol. The molecule has 3 nitrogen and oxygen atoms in total. The number of rotatable bonds is 3. The van der Waals surface area contributed by atoms with E-state index in [1.54, 1.807) is 0 Å². The fourth-order valence-electron chi connectivity index (χ4n) is 2.22. The lowest BCUT2D eigenvalue weighted by Gasteiger charge is -2.22. The SMILES string of the molecule is N[C@@H]1C[C@@H](CO)N(Cc2ccccc2)C1. The van der Waals surface area contributed by atoms with Gasteiger partial charge in [-0.05, 0) is 12.0 Å². The van der Waals surface area contributed by atoms with Gasteiger partial charge in [-0.25, -0.2) is 0 Å². The van der Waals surface area contributed by atoms with Crippen molar-refractivity contribution < 1.29 is 5.11 Å². The van der Waals surface area contributed by atoms with E-state index in [0.717, 1.165) is 19.5 Å². The van der Waals surface area contributed by atoms with Crippen LogP contribution in [0.4, 0.5) is 0 Å². The molecule has 0 amide bonds. The summed E-state index contributed by atoms with van der Waals surface area (Å²) in [5.41, 5.74) is 7.17. The molecule has 2 atom stereocenters. The Bertz CT molecular complexity index is 302. The molecule has 15 heavy (non-hydrogen) atoms. The minimum Gasteiger partial charge on any atom is -0.395 e. The van der Waals surface area contributed by atoms with Crippen molar-refractivity contribution in [1.29, 1.82) is 0 Å². The molecule has 0 aliphatic carbocycles. The molecule has 0 saturated carbocycles. The zero-order valence-electron chi connectivity index (χ0n) is 8.84. The van der Waals surface area contributed by atoms with E-state index in [1.807, 2.05) is 18.2 Å². The van der Waals surface area contributed by atoms with Crippen molar-refractivity contribution in [2.75, 3.05) is 13.2 Å². The summed E-state index contributed by atoms with van der Waals surface area (Å²) < 4.78 is 0. The highest BCUT2D eigenvalue weighted by atomic mass is 16.3. The van der Waals surface area contributed by atoms with Crippen LogP contribution in [-0.4, -0.2) is 35.2 Å². The predicted octanol–water partition coefficient (Wildman–Crippen LogP) is 0.580. The topological polar surface area (TPSA) is 49.5 Å². The average Bonchev–Trinajstić information content (AvgIpc) is 2.60. The van der Waals surface area contributed by atoms with Crippen LogP contribution in [0.25, 0.3) is 0 Å². The van der Waals surface area contributed by atoms with E-state index in [0.29, 0.717) is 0 Å². The molecule has 1 aliphatic heterocycles. The van der Waals surface area contributed by atoms with Gasteiger partial charge in [-0.15, -0.1) is 0 Å². The number of hydrogen-bond acceptors (Lipinski definition) is 3. The monoisotopic (exact) mass is 206 g/mol. The second kappa shape index (κ2) is 4.75.